The maximum Gasteiger partial charge on any atom is 0.229 e. The van der Waals surface area contributed by atoms with Crippen LogP contribution in [-0.4, -0.2) is 27.4 Å². The van der Waals surface area contributed by atoms with Crippen LogP contribution in [0.1, 0.15) is 12.0 Å². The van der Waals surface area contributed by atoms with E-state index in [4.69, 9.17) is 9.68 Å². The van der Waals surface area contributed by atoms with Gasteiger partial charge < -0.3 is 4.42 Å². The summed E-state index contributed by atoms with van der Waals surface area (Å²) < 4.78 is 5.13. The van der Waals surface area contributed by atoms with Gasteiger partial charge in [0.15, 0.2) is 18.0 Å². The van der Waals surface area contributed by atoms with E-state index >= 15 is 0 Å². The molecule has 0 saturated heterocycles. The van der Waals surface area contributed by atoms with Crippen LogP contribution < -0.4 is 4.90 Å². The molecule has 7 nitrogen and oxygen atoms in total. The van der Waals surface area contributed by atoms with Crippen molar-refractivity contribution in [2.45, 2.75) is 12.8 Å². The molecule has 7 heteroatoms. The third kappa shape index (κ3) is 1.93. The largest absolute Gasteiger partial charge is 0.440 e. The Bertz CT molecular complexity index is 659. The number of carbonyl (C=O) groups excluding carboxylic acids is 1. The highest BCUT2D eigenvalue weighted by atomic mass is 16.3. The highest BCUT2D eigenvalue weighted by Crippen LogP contribution is 2.27. The summed E-state index contributed by atoms with van der Waals surface area (Å²) in [5.74, 6) is 1.17. The molecule has 2 aromatic rings. The molecule has 0 atom stereocenters. The highest BCUT2D eigenvalue weighted by Gasteiger charge is 2.26. The lowest BCUT2D eigenvalue weighted by molar-refractivity contribution is -0.118. The van der Waals surface area contributed by atoms with Gasteiger partial charge in [0.25, 0.3) is 0 Å². The van der Waals surface area contributed by atoms with Crippen molar-refractivity contribution in [1.29, 1.82) is 5.26 Å². The number of nitrogens with zero attached hydrogens (tertiary/aromatic N) is 5. The number of oxazole rings is 1. The number of anilines is 1. The molecule has 0 aromatic carbocycles. The average Bonchev–Trinajstić information content (AvgIpc) is 2.96. The molecule has 0 unspecified atom stereocenters. The van der Waals surface area contributed by atoms with E-state index in [2.05, 4.69) is 15.0 Å². The molecular weight excluding hydrogens is 246 g/mol. The summed E-state index contributed by atoms with van der Waals surface area (Å²) in [6.45, 7) is -0.0152. The van der Waals surface area contributed by atoms with Crippen LogP contribution in [-0.2, 0) is 11.2 Å². The van der Waals surface area contributed by atoms with Gasteiger partial charge in [-0.15, -0.1) is 0 Å². The number of fused-ring (bicyclic) bond motifs is 1. The molecule has 19 heavy (non-hydrogen) atoms. The molecule has 0 spiro atoms. The number of aryl methyl sites for hydroxylation is 1. The third-order valence-corrected chi connectivity index (χ3v) is 2.89. The Morgan fingerprint density at radius 1 is 1.42 bits per heavy atom. The molecule has 0 N–H and O–H groups in total. The zero-order valence-electron chi connectivity index (χ0n) is 9.91. The molecule has 3 rings (SSSR count). The van der Waals surface area contributed by atoms with E-state index in [1.807, 2.05) is 6.07 Å². The summed E-state index contributed by atoms with van der Waals surface area (Å²) in [7, 11) is 0. The molecule has 3 heterocycles. The second-order valence-electron chi connectivity index (χ2n) is 4.05. The van der Waals surface area contributed by atoms with Crippen LogP contribution in [0.2, 0.25) is 0 Å². The van der Waals surface area contributed by atoms with E-state index in [0.29, 0.717) is 30.2 Å². The summed E-state index contributed by atoms with van der Waals surface area (Å²) in [5, 5.41) is 8.80. The van der Waals surface area contributed by atoms with Gasteiger partial charge in [-0.1, -0.05) is 0 Å². The standard InChI is InChI=1S/C12H9N5O2/c13-3-4-17-10(18)2-1-8-5-15-11(16-12(8)17)9-6-14-7-19-9/h5-7H,1-2,4H2. The monoisotopic (exact) mass is 255 g/mol. The minimum absolute atomic E-state index is 0.0152. The fraction of sp³-hybridized carbons (Fsp3) is 0.250. The predicted molar refractivity (Wildman–Crippen MR) is 63.8 cm³/mol. The van der Waals surface area contributed by atoms with Crippen LogP contribution in [0.4, 0.5) is 5.82 Å². The molecule has 1 aliphatic rings. The van der Waals surface area contributed by atoms with Crippen molar-refractivity contribution in [3.05, 3.63) is 24.4 Å². The molecule has 1 aliphatic heterocycles. The lowest BCUT2D eigenvalue weighted by atomic mass is 10.1. The summed E-state index contributed by atoms with van der Waals surface area (Å²) in [5.41, 5.74) is 0.859. The SMILES string of the molecule is N#CCN1C(=O)CCc2cnc(-c3cnco3)nc21. The first kappa shape index (κ1) is 11.3. The molecule has 1 amide bonds. The fourth-order valence-electron chi connectivity index (χ4n) is 1.98. The molecule has 2 aromatic heterocycles. The van der Waals surface area contributed by atoms with Gasteiger partial charge in [0.05, 0.1) is 12.3 Å². The van der Waals surface area contributed by atoms with Crippen molar-refractivity contribution >= 4 is 11.7 Å². The highest BCUT2D eigenvalue weighted by molar-refractivity contribution is 5.95. The zero-order valence-corrected chi connectivity index (χ0v) is 9.91. The number of nitriles is 1. The molecule has 0 radical (unpaired) electrons. The van der Waals surface area contributed by atoms with E-state index in [1.54, 1.807) is 6.20 Å². The summed E-state index contributed by atoms with van der Waals surface area (Å²) in [4.78, 5) is 25.5. The van der Waals surface area contributed by atoms with Crippen LogP contribution >= 0.6 is 0 Å². The Morgan fingerprint density at radius 2 is 2.32 bits per heavy atom. The van der Waals surface area contributed by atoms with Crippen molar-refractivity contribution in [3.63, 3.8) is 0 Å². The van der Waals surface area contributed by atoms with Gasteiger partial charge in [0, 0.05) is 18.2 Å². The molecule has 0 bridgehead atoms. The van der Waals surface area contributed by atoms with E-state index in [1.165, 1.54) is 17.5 Å². The van der Waals surface area contributed by atoms with Crippen molar-refractivity contribution in [3.8, 4) is 17.7 Å². The van der Waals surface area contributed by atoms with Gasteiger partial charge in [-0.3, -0.25) is 9.69 Å². The van der Waals surface area contributed by atoms with E-state index in [0.717, 1.165) is 5.56 Å². The first-order chi connectivity index (χ1) is 9.29. The number of hydrogen-bond acceptors (Lipinski definition) is 6. The molecule has 94 valence electrons. The predicted octanol–water partition coefficient (Wildman–Crippen LogP) is 0.934. The Labute approximate surface area is 108 Å². The summed E-state index contributed by atoms with van der Waals surface area (Å²) >= 11 is 0. The Balaban J connectivity index is 2.07. The van der Waals surface area contributed by atoms with E-state index < -0.39 is 0 Å². The normalized spacial score (nSPS) is 14.1. The van der Waals surface area contributed by atoms with Crippen LogP contribution in [0.25, 0.3) is 11.6 Å². The molecule has 0 fully saturated rings. The minimum Gasteiger partial charge on any atom is -0.440 e. The average molecular weight is 255 g/mol. The van der Waals surface area contributed by atoms with Gasteiger partial charge in [-0.25, -0.2) is 15.0 Å². The maximum atomic E-state index is 11.8. The van der Waals surface area contributed by atoms with Crippen LogP contribution in [0.15, 0.2) is 23.2 Å². The van der Waals surface area contributed by atoms with Gasteiger partial charge >= 0.3 is 0 Å². The minimum atomic E-state index is -0.101. The lowest BCUT2D eigenvalue weighted by Crippen LogP contribution is -2.36. The fourth-order valence-corrected chi connectivity index (χ4v) is 1.98. The number of amides is 1. The van der Waals surface area contributed by atoms with E-state index in [-0.39, 0.29) is 12.5 Å². The Hall–Kier alpha value is -2.75. The van der Waals surface area contributed by atoms with Gasteiger partial charge in [-0.2, -0.15) is 5.26 Å². The summed E-state index contributed by atoms with van der Waals surface area (Å²) in [6.07, 6.45) is 5.42. The summed E-state index contributed by atoms with van der Waals surface area (Å²) in [6, 6.07) is 1.97. The maximum absolute atomic E-state index is 11.8. The number of rotatable bonds is 2. The smallest absolute Gasteiger partial charge is 0.229 e. The molecule has 0 saturated carbocycles. The second-order valence-corrected chi connectivity index (χ2v) is 4.05. The van der Waals surface area contributed by atoms with Gasteiger partial charge in [0.1, 0.15) is 12.4 Å². The topological polar surface area (TPSA) is 95.9 Å². The Kier molecular flexibility index (Phi) is 2.68. The van der Waals surface area contributed by atoms with Crippen molar-refractivity contribution < 1.29 is 9.21 Å². The number of aromatic nitrogens is 3. The van der Waals surface area contributed by atoms with Crippen LogP contribution in [0.5, 0.6) is 0 Å². The first-order valence-corrected chi connectivity index (χ1v) is 5.71. The van der Waals surface area contributed by atoms with Crippen molar-refractivity contribution in [2.24, 2.45) is 0 Å². The van der Waals surface area contributed by atoms with Crippen molar-refractivity contribution in [1.82, 2.24) is 15.0 Å². The van der Waals surface area contributed by atoms with Crippen LogP contribution in [0, 0.1) is 11.3 Å². The van der Waals surface area contributed by atoms with E-state index in [9.17, 15) is 4.79 Å². The van der Waals surface area contributed by atoms with Gasteiger partial charge in [0.2, 0.25) is 5.91 Å². The third-order valence-electron chi connectivity index (χ3n) is 2.89. The molecular formula is C12H9N5O2. The Morgan fingerprint density at radius 3 is 3.05 bits per heavy atom. The van der Waals surface area contributed by atoms with Crippen molar-refractivity contribution in [2.75, 3.05) is 11.4 Å². The second kappa shape index (κ2) is 4.49. The number of carbonyl (C=O) groups is 1. The first-order valence-electron chi connectivity index (χ1n) is 5.71. The number of hydrogen-bond donors (Lipinski definition) is 0. The quantitative estimate of drug-likeness (QED) is 0.741. The van der Waals surface area contributed by atoms with Crippen LogP contribution in [0.3, 0.4) is 0 Å². The zero-order chi connectivity index (χ0) is 13.2. The van der Waals surface area contributed by atoms with Gasteiger partial charge in [-0.05, 0) is 6.42 Å². The lowest BCUT2D eigenvalue weighted by Gasteiger charge is -2.25. The molecule has 0 aliphatic carbocycles.